The Morgan fingerprint density at radius 1 is 1.18 bits per heavy atom. The smallest absolute Gasteiger partial charge is 0.341 e. The minimum atomic E-state index is -0.498. The number of aromatic nitrogens is 4. The van der Waals surface area contributed by atoms with Crippen LogP contribution in [0.15, 0.2) is 29.6 Å². The van der Waals surface area contributed by atoms with E-state index in [4.69, 9.17) is 9.47 Å². The van der Waals surface area contributed by atoms with Crippen molar-refractivity contribution >= 4 is 28.2 Å². The van der Waals surface area contributed by atoms with Crippen LogP contribution in [0, 0.1) is 0 Å². The van der Waals surface area contributed by atoms with Crippen LogP contribution in [0.2, 0.25) is 0 Å². The van der Waals surface area contributed by atoms with Crippen LogP contribution in [-0.2, 0) is 16.0 Å². The van der Waals surface area contributed by atoms with Crippen LogP contribution in [0.3, 0.4) is 0 Å². The molecule has 2 heterocycles. The molecule has 3 aromatic rings. The maximum absolute atomic E-state index is 12.6. The highest BCUT2D eigenvalue weighted by Gasteiger charge is 2.23. The van der Waals surface area contributed by atoms with Gasteiger partial charge in [-0.2, -0.15) is 5.21 Å². The number of benzene rings is 1. The van der Waals surface area contributed by atoms with Gasteiger partial charge in [0.05, 0.1) is 19.6 Å². The fourth-order valence-electron chi connectivity index (χ4n) is 2.54. The van der Waals surface area contributed by atoms with E-state index in [1.54, 1.807) is 6.92 Å². The number of hydrogen-bond donors (Lipinski definition) is 2. The summed E-state index contributed by atoms with van der Waals surface area (Å²) in [5.41, 5.74) is 1.82. The van der Waals surface area contributed by atoms with Crippen LogP contribution in [-0.4, -0.2) is 45.7 Å². The zero-order chi connectivity index (χ0) is 19.9. The summed E-state index contributed by atoms with van der Waals surface area (Å²) in [5.74, 6) is 0.154. The molecular weight excluding hydrogens is 382 g/mol. The van der Waals surface area contributed by atoms with Gasteiger partial charge in [0, 0.05) is 10.9 Å². The monoisotopic (exact) mass is 401 g/mol. The number of carbonyl (C=O) groups excluding carboxylic acids is 2. The number of tetrazole rings is 1. The van der Waals surface area contributed by atoms with Crippen molar-refractivity contribution in [2.24, 2.45) is 0 Å². The van der Waals surface area contributed by atoms with E-state index in [0.29, 0.717) is 22.7 Å². The van der Waals surface area contributed by atoms with Crippen molar-refractivity contribution in [3.05, 3.63) is 41.0 Å². The summed E-state index contributed by atoms with van der Waals surface area (Å²) >= 11 is 1.25. The quantitative estimate of drug-likeness (QED) is 0.557. The zero-order valence-corrected chi connectivity index (χ0v) is 16.2. The van der Waals surface area contributed by atoms with Crippen molar-refractivity contribution in [2.45, 2.75) is 20.3 Å². The summed E-state index contributed by atoms with van der Waals surface area (Å²) in [6.07, 6.45) is -0.0605. The summed E-state index contributed by atoms with van der Waals surface area (Å²) in [4.78, 5) is 24.8. The Morgan fingerprint density at radius 3 is 2.61 bits per heavy atom. The molecule has 10 heteroatoms. The third kappa shape index (κ3) is 4.52. The Labute approximate surface area is 165 Å². The second-order valence-corrected chi connectivity index (χ2v) is 6.46. The van der Waals surface area contributed by atoms with Crippen molar-refractivity contribution in [3.63, 3.8) is 0 Å². The first-order valence-corrected chi connectivity index (χ1v) is 9.54. The number of thiophene rings is 1. The number of rotatable bonds is 8. The first kappa shape index (κ1) is 19.5. The van der Waals surface area contributed by atoms with Gasteiger partial charge in [0.15, 0.2) is 5.82 Å². The van der Waals surface area contributed by atoms with E-state index < -0.39 is 5.97 Å². The number of anilines is 1. The van der Waals surface area contributed by atoms with E-state index in [2.05, 4.69) is 25.9 Å². The molecule has 0 atom stereocenters. The van der Waals surface area contributed by atoms with Crippen molar-refractivity contribution in [1.82, 2.24) is 20.6 Å². The number of amides is 1. The minimum absolute atomic E-state index is 0.0605. The largest absolute Gasteiger partial charge is 0.494 e. The lowest BCUT2D eigenvalue weighted by atomic mass is 10.0. The van der Waals surface area contributed by atoms with Gasteiger partial charge in [0.25, 0.3) is 0 Å². The van der Waals surface area contributed by atoms with Gasteiger partial charge in [-0.15, -0.1) is 21.5 Å². The second kappa shape index (κ2) is 9.09. The van der Waals surface area contributed by atoms with Crippen LogP contribution in [0.4, 0.5) is 5.00 Å². The van der Waals surface area contributed by atoms with Gasteiger partial charge in [0.2, 0.25) is 5.91 Å². The molecule has 3 rings (SSSR count). The van der Waals surface area contributed by atoms with Crippen LogP contribution in [0.1, 0.15) is 30.0 Å². The maximum Gasteiger partial charge on any atom is 0.341 e. The molecular formula is C18H19N5O4S. The molecule has 146 valence electrons. The van der Waals surface area contributed by atoms with Gasteiger partial charge in [0.1, 0.15) is 16.3 Å². The molecule has 1 aromatic carbocycles. The molecule has 0 saturated heterocycles. The molecule has 0 aliphatic rings. The van der Waals surface area contributed by atoms with E-state index in [1.165, 1.54) is 11.3 Å². The van der Waals surface area contributed by atoms with Crippen molar-refractivity contribution in [2.75, 3.05) is 18.5 Å². The van der Waals surface area contributed by atoms with Gasteiger partial charge in [-0.3, -0.25) is 4.79 Å². The number of carbonyl (C=O) groups is 2. The average Bonchev–Trinajstić information content (AvgIpc) is 3.33. The Morgan fingerprint density at radius 2 is 1.96 bits per heavy atom. The van der Waals surface area contributed by atoms with Crippen LogP contribution >= 0.6 is 11.3 Å². The lowest BCUT2D eigenvalue weighted by Crippen LogP contribution is -2.17. The predicted molar refractivity (Wildman–Crippen MR) is 103 cm³/mol. The van der Waals surface area contributed by atoms with Gasteiger partial charge in [-0.1, -0.05) is 17.3 Å². The summed E-state index contributed by atoms with van der Waals surface area (Å²) in [6, 6.07) is 7.39. The van der Waals surface area contributed by atoms with Crippen LogP contribution in [0.5, 0.6) is 5.75 Å². The SMILES string of the molecule is CCOC(=O)c1c(-c2ccc(OCC)cc2)csc1NC(=O)Cc1nn[nH]n1. The van der Waals surface area contributed by atoms with Gasteiger partial charge in [-0.25, -0.2) is 4.79 Å². The summed E-state index contributed by atoms with van der Waals surface area (Å²) < 4.78 is 10.6. The first-order valence-electron chi connectivity index (χ1n) is 8.66. The maximum atomic E-state index is 12.6. The molecule has 9 nitrogen and oxygen atoms in total. The molecule has 2 N–H and O–H groups in total. The number of nitrogens with zero attached hydrogens (tertiary/aromatic N) is 3. The molecule has 0 fully saturated rings. The highest BCUT2D eigenvalue weighted by molar-refractivity contribution is 7.15. The molecule has 28 heavy (non-hydrogen) atoms. The van der Waals surface area contributed by atoms with E-state index in [0.717, 1.165) is 11.3 Å². The number of H-pyrrole nitrogens is 1. The van der Waals surface area contributed by atoms with E-state index in [1.807, 2.05) is 36.6 Å². The number of aromatic amines is 1. The Kier molecular flexibility index (Phi) is 6.33. The Bertz CT molecular complexity index is 938. The summed E-state index contributed by atoms with van der Waals surface area (Å²) in [6.45, 7) is 4.45. The highest BCUT2D eigenvalue weighted by Crippen LogP contribution is 2.37. The first-order chi connectivity index (χ1) is 13.6. The highest BCUT2D eigenvalue weighted by atomic mass is 32.1. The topological polar surface area (TPSA) is 119 Å². The lowest BCUT2D eigenvalue weighted by molar-refractivity contribution is -0.115. The van der Waals surface area contributed by atoms with Crippen molar-refractivity contribution in [3.8, 4) is 16.9 Å². The number of esters is 1. The lowest BCUT2D eigenvalue weighted by Gasteiger charge is -2.09. The molecule has 0 saturated carbocycles. The Balaban J connectivity index is 1.88. The summed E-state index contributed by atoms with van der Waals surface area (Å²) in [7, 11) is 0. The molecule has 0 unspecified atom stereocenters. The number of hydrogen-bond acceptors (Lipinski definition) is 8. The fourth-order valence-corrected chi connectivity index (χ4v) is 3.51. The molecule has 0 spiro atoms. The average molecular weight is 401 g/mol. The van der Waals surface area contributed by atoms with Crippen molar-refractivity contribution < 1.29 is 19.1 Å². The van der Waals surface area contributed by atoms with Gasteiger partial charge < -0.3 is 14.8 Å². The molecule has 0 radical (unpaired) electrons. The zero-order valence-electron chi connectivity index (χ0n) is 15.4. The number of nitrogens with one attached hydrogen (secondary N) is 2. The van der Waals surface area contributed by atoms with Crippen LogP contribution in [0.25, 0.3) is 11.1 Å². The number of ether oxygens (including phenoxy) is 2. The minimum Gasteiger partial charge on any atom is -0.494 e. The summed E-state index contributed by atoms with van der Waals surface area (Å²) in [5, 5.41) is 18.2. The van der Waals surface area contributed by atoms with Gasteiger partial charge in [-0.05, 0) is 31.5 Å². The molecule has 1 amide bonds. The van der Waals surface area contributed by atoms with Gasteiger partial charge >= 0.3 is 5.97 Å². The van der Waals surface area contributed by atoms with Crippen molar-refractivity contribution in [1.29, 1.82) is 0 Å². The van der Waals surface area contributed by atoms with Crippen LogP contribution < -0.4 is 10.1 Å². The van der Waals surface area contributed by atoms with E-state index >= 15 is 0 Å². The fraction of sp³-hybridized carbons (Fsp3) is 0.278. The molecule has 0 aliphatic heterocycles. The molecule has 0 aliphatic carbocycles. The second-order valence-electron chi connectivity index (χ2n) is 5.58. The molecule has 0 bridgehead atoms. The van der Waals surface area contributed by atoms with E-state index in [9.17, 15) is 9.59 Å². The third-order valence-electron chi connectivity index (χ3n) is 3.71. The Hall–Kier alpha value is -3.27. The third-order valence-corrected chi connectivity index (χ3v) is 4.60. The predicted octanol–water partition coefficient (Wildman–Crippen LogP) is 2.68. The normalized spacial score (nSPS) is 10.5. The standard InChI is InChI=1S/C18H19N5O4S/c1-3-26-12-7-5-11(6-8-12)13-10-28-17(16(13)18(25)27-4-2)19-15(24)9-14-20-22-23-21-14/h5-8,10H,3-4,9H2,1-2H3,(H,19,24)(H,20,21,22,23). The van der Waals surface area contributed by atoms with E-state index in [-0.39, 0.29) is 24.8 Å². The molecule has 2 aromatic heterocycles.